The van der Waals surface area contributed by atoms with Gasteiger partial charge in [0.2, 0.25) is 0 Å². The van der Waals surface area contributed by atoms with Crippen molar-refractivity contribution in [3.05, 3.63) is 58.5 Å². The average molecular weight is 472 g/mol. The van der Waals surface area contributed by atoms with Gasteiger partial charge in [0.25, 0.3) is 5.91 Å². The molecular formula is C24H25NO5S2. The van der Waals surface area contributed by atoms with E-state index in [1.807, 2.05) is 24.3 Å². The lowest BCUT2D eigenvalue weighted by Gasteiger charge is -2.15. The third-order valence-corrected chi connectivity index (χ3v) is 6.17. The summed E-state index contributed by atoms with van der Waals surface area (Å²) in [5.74, 6) is -0.191. The molecule has 1 N–H and O–H groups in total. The number of thioether (sulfide) groups is 1. The molecule has 1 fully saturated rings. The first-order valence-electron chi connectivity index (χ1n) is 10.3. The molecular weight excluding hydrogens is 446 g/mol. The second-order valence-electron chi connectivity index (χ2n) is 7.19. The van der Waals surface area contributed by atoms with Gasteiger partial charge in [-0.05, 0) is 54.3 Å². The molecule has 8 heteroatoms. The van der Waals surface area contributed by atoms with Crippen molar-refractivity contribution in [2.24, 2.45) is 0 Å². The Morgan fingerprint density at radius 1 is 1.19 bits per heavy atom. The van der Waals surface area contributed by atoms with Crippen LogP contribution in [-0.4, -0.2) is 35.0 Å². The maximum atomic E-state index is 13.0. The minimum absolute atomic E-state index is 0.0426. The molecule has 0 aliphatic carbocycles. The van der Waals surface area contributed by atoms with Crippen LogP contribution in [0.4, 0.5) is 5.69 Å². The molecule has 0 aromatic heterocycles. The molecule has 1 amide bonds. The van der Waals surface area contributed by atoms with Crippen LogP contribution in [0.1, 0.15) is 37.3 Å². The Morgan fingerprint density at radius 3 is 2.59 bits per heavy atom. The first-order valence-corrected chi connectivity index (χ1v) is 11.5. The highest BCUT2D eigenvalue weighted by Gasteiger charge is 2.33. The molecule has 1 heterocycles. The number of carboxylic acids is 1. The van der Waals surface area contributed by atoms with Gasteiger partial charge in [-0.15, -0.1) is 0 Å². The van der Waals surface area contributed by atoms with Gasteiger partial charge in [0.1, 0.15) is 0 Å². The van der Waals surface area contributed by atoms with Gasteiger partial charge in [-0.3, -0.25) is 14.5 Å². The maximum absolute atomic E-state index is 13.0. The zero-order chi connectivity index (χ0) is 23.1. The Kier molecular flexibility index (Phi) is 8.30. The van der Waals surface area contributed by atoms with E-state index in [-0.39, 0.29) is 18.9 Å². The van der Waals surface area contributed by atoms with E-state index in [9.17, 15) is 9.59 Å². The number of carbonyl (C=O) groups is 2. The van der Waals surface area contributed by atoms with Crippen molar-refractivity contribution in [1.29, 1.82) is 0 Å². The molecule has 0 unspecified atom stereocenters. The lowest BCUT2D eigenvalue weighted by molar-refractivity contribution is -0.137. The van der Waals surface area contributed by atoms with Gasteiger partial charge in [0.15, 0.2) is 15.8 Å². The van der Waals surface area contributed by atoms with Crippen molar-refractivity contribution in [2.75, 3.05) is 18.6 Å². The molecule has 0 bridgehead atoms. The molecule has 2 aromatic rings. The summed E-state index contributed by atoms with van der Waals surface area (Å²) in [5.41, 5.74) is 2.76. The number of carboxylic acid groups (broad SMARTS) is 1. The van der Waals surface area contributed by atoms with Crippen molar-refractivity contribution in [3.8, 4) is 11.5 Å². The third-order valence-electron chi connectivity index (χ3n) is 4.87. The summed E-state index contributed by atoms with van der Waals surface area (Å²) in [7, 11) is 1.51. The quantitative estimate of drug-likeness (QED) is 0.372. The Labute approximate surface area is 197 Å². The smallest absolute Gasteiger partial charge is 0.306 e. The van der Waals surface area contributed by atoms with Crippen LogP contribution < -0.4 is 14.4 Å². The van der Waals surface area contributed by atoms with E-state index in [2.05, 4.69) is 6.92 Å². The summed E-state index contributed by atoms with van der Waals surface area (Å²) in [5, 5.41) is 8.75. The second-order valence-corrected chi connectivity index (χ2v) is 8.87. The Balaban J connectivity index is 1.75. The highest BCUT2D eigenvalue weighted by molar-refractivity contribution is 8.27. The molecule has 0 spiro atoms. The van der Waals surface area contributed by atoms with Gasteiger partial charge in [-0.1, -0.05) is 55.5 Å². The summed E-state index contributed by atoms with van der Waals surface area (Å²) >= 11 is 6.72. The van der Waals surface area contributed by atoms with Crippen molar-refractivity contribution >= 4 is 51.9 Å². The fraction of sp³-hybridized carbons (Fsp3) is 0.292. The summed E-state index contributed by atoms with van der Waals surface area (Å²) in [6.07, 6.45) is 4.95. The number of carbonyl (C=O) groups excluding carboxylic acids is 1. The topological polar surface area (TPSA) is 76.1 Å². The molecule has 1 aliphatic heterocycles. The zero-order valence-corrected chi connectivity index (χ0v) is 19.6. The number of rotatable bonds is 10. The number of hydrogen-bond acceptors (Lipinski definition) is 6. The first kappa shape index (κ1) is 23.8. The fourth-order valence-corrected chi connectivity index (χ4v) is 4.47. The van der Waals surface area contributed by atoms with Gasteiger partial charge in [-0.2, -0.15) is 0 Å². The molecule has 168 valence electrons. The second kappa shape index (κ2) is 11.2. The van der Waals surface area contributed by atoms with Crippen molar-refractivity contribution in [1.82, 2.24) is 0 Å². The lowest BCUT2D eigenvalue weighted by atomic mass is 10.1. The molecule has 32 heavy (non-hydrogen) atoms. The molecule has 0 radical (unpaired) electrons. The summed E-state index contributed by atoms with van der Waals surface area (Å²) in [4.78, 5) is 25.8. The molecule has 1 saturated heterocycles. The largest absolute Gasteiger partial charge is 0.493 e. The van der Waals surface area contributed by atoms with Crippen LogP contribution in [0.5, 0.6) is 11.5 Å². The summed E-state index contributed by atoms with van der Waals surface area (Å²) in [6, 6.07) is 13.2. The number of anilines is 1. The molecule has 0 atom stereocenters. The van der Waals surface area contributed by atoms with Crippen LogP contribution in [0.25, 0.3) is 6.08 Å². The van der Waals surface area contributed by atoms with Crippen LogP contribution in [0.3, 0.4) is 0 Å². The van der Waals surface area contributed by atoms with E-state index < -0.39 is 5.97 Å². The standard InChI is InChI=1S/C24H25NO5S2/c1-3-4-5-16-6-9-18(10-7-16)25-23(28)21(32-24(25)31)15-17-8-11-19(20(14-17)29-2)30-13-12-22(26)27/h6-11,14-15H,3-5,12-13H2,1-2H3,(H,26,27)/b21-15+. The van der Waals surface area contributed by atoms with Crippen LogP contribution >= 0.6 is 24.0 Å². The number of aryl methyl sites for hydroxylation is 1. The maximum Gasteiger partial charge on any atom is 0.306 e. The number of benzene rings is 2. The van der Waals surface area contributed by atoms with Gasteiger partial charge in [-0.25, -0.2) is 0 Å². The van der Waals surface area contributed by atoms with Gasteiger partial charge >= 0.3 is 5.97 Å². The molecule has 2 aromatic carbocycles. The normalized spacial score (nSPS) is 14.8. The minimum atomic E-state index is -0.932. The molecule has 1 aliphatic rings. The number of methoxy groups -OCH3 is 1. The number of hydrogen-bond donors (Lipinski definition) is 1. The van der Waals surface area contributed by atoms with E-state index in [4.69, 9.17) is 26.8 Å². The van der Waals surface area contributed by atoms with Crippen molar-refractivity contribution in [3.63, 3.8) is 0 Å². The highest BCUT2D eigenvalue weighted by Crippen LogP contribution is 2.37. The van der Waals surface area contributed by atoms with Crippen molar-refractivity contribution in [2.45, 2.75) is 32.6 Å². The van der Waals surface area contributed by atoms with E-state index in [0.717, 1.165) is 30.5 Å². The zero-order valence-electron chi connectivity index (χ0n) is 18.0. The summed E-state index contributed by atoms with van der Waals surface area (Å²) in [6.45, 7) is 2.21. The Morgan fingerprint density at radius 2 is 1.94 bits per heavy atom. The number of ether oxygens (including phenoxy) is 2. The predicted molar refractivity (Wildman–Crippen MR) is 131 cm³/mol. The lowest BCUT2D eigenvalue weighted by Crippen LogP contribution is -2.27. The van der Waals surface area contributed by atoms with Crippen molar-refractivity contribution < 1.29 is 24.2 Å². The number of amides is 1. The van der Waals surface area contributed by atoms with Crippen LogP contribution in [0, 0.1) is 0 Å². The van der Waals surface area contributed by atoms with E-state index in [1.165, 1.54) is 24.4 Å². The Hall–Kier alpha value is -2.84. The Bertz CT molecular complexity index is 1030. The number of aliphatic carboxylic acids is 1. The average Bonchev–Trinajstić information content (AvgIpc) is 3.06. The van der Waals surface area contributed by atoms with E-state index in [0.29, 0.717) is 20.7 Å². The minimum Gasteiger partial charge on any atom is -0.493 e. The number of thiocarbonyl (C=S) groups is 1. The first-order chi connectivity index (χ1) is 15.4. The van der Waals surface area contributed by atoms with E-state index in [1.54, 1.807) is 29.2 Å². The molecule has 6 nitrogen and oxygen atoms in total. The van der Waals surface area contributed by atoms with Crippen LogP contribution in [0.15, 0.2) is 47.4 Å². The molecule has 3 rings (SSSR count). The van der Waals surface area contributed by atoms with Crippen LogP contribution in [0.2, 0.25) is 0 Å². The van der Waals surface area contributed by atoms with E-state index >= 15 is 0 Å². The van der Waals surface area contributed by atoms with Gasteiger partial charge < -0.3 is 14.6 Å². The van der Waals surface area contributed by atoms with Crippen LogP contribution in [-0.2, 0) is 16.0 Å². The third kappa shape index (κ3) is 5.89. The molecule has 0 saturated carbocycles. The summed E-state index contributed by atoms with van der Waals surface area (Å²) < 4.78 is 11.3. The van der Waals surface area contributed by atoms with Gasteiger partial charge in [0, 0.05) is 0 Å². The van der Waals surface area contributed by atoms with Gasteiger partial charge in [0.05, 0.1) is 30.7 Å². The SMILES string of the molecule is CCCCc1ccc(N2C(=O)/C(=C\c3ccc(OCCC(=O)O)c(OC)c3)SC2=S)cc1. The number of unbranched alkanes of at least 4 members (excludes halogenated alkanes) is 1. The highest BCUT2D eigenvalue weighted by atomic mass is 32.2. The monoisotopic (exact) mass is 471 g/mol. The predicted octanol–water partition coefficient (Wildman–Crippen LogP) is 5.30. The fourth-order valence-electron chi connectivity index (χ4n) is 3.18. The number of nitrogens with zero attached hydrogens (tertiary/aromatic N) is 1.